The number of guanidine groups is 1. The van der Waals surface area contributed by atoms with Crippen LogP contribution in [0.4, 0.5) is 37.6 Å². The number of fused-ring (bicyclic) bond motifs is 3. The van der Waals surface area contributed by atoms with Gasteiger partial charge in [-0.3, -0.25) is 14.7 Å². The first-order valence-electron chi connectivity index (χ1n) is 12.8. The van der Waals surface area contributed by atoms with Crippen LogP contribution in [-0.2, 0) is 0 Å². The van der Waals surface area contributed by atoms with E-state index in [1.807, 2.05) is 0 Å². The lowest BCUT2D eigenvalue weighted by Gasteiger charge is -2.36. The third-order valence-corrected chi connectivity index (χ3v) is 7.68. The zero-order valence-electron chi connectivity index (χ0n) is 21.5. The topological polar surface area (TPSA) is 80.2 Å². The fraction of sp³-hybridized carbons (Fsp3) is 0.333. The highest BCUT2D eigenvalue weighted by Gasteiger charge is 2.41. The number of rotatable bonds is 5. The minimum absolute atomic E-state index is 0.0656. The lowest BCUT2D eigenvalue weighted by molar-refractivity contribution is 0.0999. The van der Waals surface area contributed by atoms with E-state index in [1.165, 1.54) is 35.4 Å². The summed E-state index contributed by atoms with van der Waals surface area (Å²) in [4.78, 5) is 33.9. The molecule has 0 aliphatic carbocycles. The molecule has 0 spiro atoms. The molecule has 1 N–H and O–H groups in total. The predicted octanol–water partition coefficient (Wildman–Crippen LogP) is 4.52. The molecule has 12 heteroatoms. The predicted molar refractivity (Wildman–Crippen MR) is 149 cm³/mol. The molecule has 39 heavy (non-hydrogen) atoms. The minimum atomic E-state index is -0.638. The number of carbonyl (C=O) groups is 1. The SMILES string of the molecule is CN(C)C1CCN(c2ccc(Nc3ncc4c(n3)N3CCN=C3N(c3c(F)cccc3Cl)C4=O)cc2F)CC1. The van der Waals surface area contributed by atoms with Gasteiger partial charge >= 0.3 is 0 Å². The molecule has 1 saturated heterocycles. The Morgan fingerprint density at radius 1 is 1.08 bits per heavy atom. The van der Waals surface area contributed by atoms with Gasteiger partial charge in [0, 0.05) is 37.6 Å². The Hall–Kier alpha value is -3.83. The second-order valence-electron chi connectivity index (χ2n) is 9.95. The molecule has 0 atom stereocenters. The van der Waals surface area contributed by atoms with Gasteiger partial charge in [0.25, 0.3) is 5.91 Å². The number of halogens is 3. The van der Waals surface area contributed by atoms with Crippen LogP contribution in [-0.4, -0.2) is 73.1 Å². The van der Waals surface area contributed by atoms with E-state index in [9.17, 15) is 9.18 Å². The number of hydrogen-bond donors (Lipinski definition) is 1. The maximum atomic E-state index is 15.1. The number of anilines is 5. The van der Waals surface area contributed by atoms with Gasteiger partial charge in [0.1, 0.15) is 22.9 Å². The molecule has 9 nitrogen and oxygen atoms in total. The van der Waals surface area contributed by atoms with Crippen molar-refractivity contribution in [3.05, 3.63) is 64.8 Å². The molecule has 0 bridgehead atoms. The monoisotopic (exact) mass is 552 g/mol. The maximum Gasteiger partial charge on any atom is 0.270 e. The summed E-state index contributed by atoms with van der Waals surface area (Å²) in [7, 11) is 4.15. The number of nitrogens with zero attached hydrogens (tertiary/aromatic N) is 7. The number of carbonyl (C=O) groups excluding carboxylic acids is 1. The van der Waals surface area contributed by atoms with Crippen molar-refractivity contribution >= 4 is 52.3 Å². The molecule has 0 saturated carbocycles. The maximum absolute atomic E-state index is 15.1. The van der Waals surface area contributed by atoms with Crippen molar-refractivity contribution in [2.75, 3.05) is 60.3 Å². The zero-order valence-corrected chi connectivity index (χ0v) is 22.3. The van der Waals surface area contributed by atoms with E-state index in [4.69, 9.17) is 11.6 Å². The third-order valence-electron chi connectivity index (χ3n) is 7.38. The second-order valence-corrected chi connectivity index (χ2v) is 10.4. The summed E-state index contributed by atoms with van der Waals surface area (Å²) in [6.07, 6.45) is 3.34. The number of aromatic nitrogens is 2. The Morgan fingerprint density at radius 2 is 1.87 bits per heavy atom. The highest BCUT2D eigenvalue weighted by molar-refractivity contribution is 6.38. The molecule has 1 aromatic heterocycles. The second kappa shape index (κ2) is 10.0. The quantitative estimate of drug-likeness (QED) is 0.498. The van der Waals surface area contributed by atoms with Gasteiger partial charge in [-0.05, 0) is 57.3 Å². The van der Waals surface area contributed by atoms with Crippen LogP contribution in [0, 0.1) is 11.6 Å². The van der Waals surface area contributed by atoms with Gasteiger partial charge in [-0.15, -0.1) is 0 Å². The average Bonchev–Trinajstić information content (AvgIpc) is 3.40. The van der Waals surface area contributed by atoms with E-state index in [0.717, 1.165) is 25.9 Å². The standard InChI is InChI=1S/C27H27ClF2N8O/c1-35(2)17-8-11-36(12-9-17)22-7-6-16(14-21(22)30)33-26-32-15-18-24(34-26)37-13-10-31-27(37)38(25(18)39)23-19(28)4-3-5-20(23)29/h3-7,14-15,17H,8-13H2,1-2H3,(H,32,33,34). The van der Waals surface area contributed by atoms with Crippen LogP contribution in [0.3, 0.4) is 0 Å². The van der Waals surface area contributed by atoms with Crippen molar-refractivity contribution in [1.82, 2.24) is 14.9 Å². The molecule has 6 rings (SSSR count). The summed E-state index contributed by atoms with van der Waals surface area (Å²) in [5.74, 6) is -0.711. The van der Waals surface area contributed by atoms with Gasteiger partial charge in [-0.25, -0.2) is 18.7 Å². The first-order valence-corrected chi connectivity index (χ1v) is 13.1. The highest BCUT2D eigenvalue weighted by atomic mass is 35.5. The minimum Gasteiger partial charge on any atom is -0.369 e. The molecule has 3 aliphatic rings. The third kappa shape index (κ3) is 4.55. The van der Waals surface area contributed by atoms with Gasteiger partial charge in [0.15, 0.2) is 5.82 Å². The average molecular weight is 553 g/mol. The fourth-order valence-corrected chi connectivity index (χ4v) is 5.57. The summed E-state index contributed by atoms with van der Waals surface area (Å²) < 4.78 is 29.9. The van der Waals surface area contributed by atoms with E-state index >= 15 is 4.39 Å². The lowest BCUT2D eigenvalue weighted by atomic mass is 10.0. The number of hydrogen-bond acceptors (Lipinski definition) is 8. The van der Waals surface area contributed by atoms with Crippen molar-refractivity contribution in [2.24, 2.45) is 4.99 Å². The van der Waals surface area contributed by atoms with Gasteiger partial charge in [0.05, 0.1) is 17.3 Å². The van der Waals surface area contributed by atoms with Crippen LogP contribution >= 0.6 is 11.6 Å². The first kappa shape index (κ1) is 25.4. The molecule has 3 aromatic rings. The molecule has 2 aromatic carbocycles. The zero-order chi connectivity index (χ0) is 27.3. The van der Waals surface area contributed by atoms with Crippen LogP contribution in [0.5, 0.6) is 0 Å². The molecular formula is C27H27ClF2N8O. The van der Waals surface area contributed by atoms with E-state index in [0.29, 0.717) is 36.3 Å². The molecular weight excluding hydrogens is 526 g/mol. The molecule has 4 heterocycles. The Kier molecular flexibility index (Phi) is 6.56. The van der Waals surface area contributed by atoms with Crippen LogP contribution < -0.4 is 20.0 Å². The molecule has 0 unspecified atom stereocenters. The number of para-hydroxylation sites is 1. The summed E-state index contributed by atoms with van der Waals surface area (Å²) in [6.45, 7) is 2.44. The Labute approximate surface area is 229 Å². The highest BCUT2D eigenvalue weighted by Crippen LogP contribution is 2.37. The van der Waals surface area contributed by atoms with Gasteiger partial charge < -0.3 is 15.1 Å². The van der Waals surface area contributed by atoms with Crippen LogP contribution in [0.15, 0.2) is 47.6 Å². The first-order chi connectivity index (χ1) is 18.8. The molecule has 3 aliphatic heterocycles. The number of benzene rings is 2. The van der Waals surface area contributed by atoms with Crippen LogP contribution in [0.25, 0.3) is 0 Å². The van der Waals surface area contributed by atoms with E-state index in [2.05, 4.69) is 44.2 Å². The van der Waals surface area contributed by atoms with Crippen molar-refractivity contribution in [1.29, 1.82) is 0 Å². The normalized spacial score (nSPS) is 17.4. The van der Waals surface area contributed by atoms with E-state index < -0.39 is 11.7 Å². The van der Waals surface area contributed by atoms with Crippen molar-refractivity contribution in [3.63, 3.8) is 0 Å². The lowest BCUT2D eigenvalue weighted by Crippen LogP contribution is -2.51. The van der Waals surface area contributed by atoms with Crippen LogP contribution in [0.1, 0.15) is 23.2 Å². The van der Waals surface area contributed by atoms with E-state index in [-0.39, 0.29) is 34.0 Å². The number of aliphatic imine (C=N–C) groups is 1. The summed E-state index contributed by atoms with van der Waals surface area (Å²) >= 11 is 6.27. The molecule has 1 fully saturated rings. The Morgan fingerprint density at radius 3 is 2.59 bits per heavy atom. The van der Waals surface area contributed by atoms with Crippen LogP contribution in [0.2, 0.25) is 5.02 Å². The molecule has 1 amide bonds. The van der Waals surface area contributed by atoms with Gasteiger partial charge in [0.2, 0.25) is 11.9 Å². The summed E-state index contributed by atoms with van der Waals surface area (Å²) in [5.41, 5.74) is 1.17. The van der Waals surface area contributed by atoms with Gasteiger partial charge in [-0.1, -0.05) is 17.7 Å². The summed E-state index contributed by atoms with van der Waals surface area (Å²) in [5, 5.41) is 3.13. The fourth-order valence-electron chi connectivity index (χ4n) is 5.33. The molecule has 0 radical (unpaired) electrons. The Bertz CT molecular complexity index is 1450. The van der Waals surface area contributed by atoms with E-state index in [1.54, 1.807) is 17.0 Å². The van der Waals surface area contributed by atoms with Crippen molar-refractivity contribution in [3.8, 4) is 0 Å². The number of nitrogens with one attached hydrogen (secondary N) is 1. The Balaban J connectivity index is 1.25. The van der Waals surface area contributed by atoms with Gasteiger partial charge in [-0.2, -0.15) is 4.98 Å². The number of amides is 1. The van der Waals surface area contributed by atoms with Crippen molar-refractivity contribution < 1.29 is 13.6 Å². The molecule has 202 valence electrons. The number of piperidine rings is 1. The smallest absolute Gasteiger partial charge is 0.270 e. The largest absolute Gasteiger partial charge is 0.369 e. The van der Waals surface area contributed by atoms with Crippen molar-refractivity contribution in [2.45, 2.75) is 18.9 Å². The summed E-state index contributed by atoms with van der Waals surface area (Å²) in [6, 6.07) is 9.71.